The van der Waals surface area contributed by atoms with Crippen molar-refractivity contribution in [2.75, 3.05) is 0 Å². The van der Waals surface area contributed by atoms with Crippen LogP contribution in [0.5, 0.6) is 0 Å². The smallest absolute Gasteiger partial charge is 0.242 e. The first-order valence-corrected chi connectivity index (χ1v) is 5.22. The van der Waals surface area contributed by atoms with E-state index in [1.54, 1.807) is 0 Å². The average Bonchev–Trinajstić information content (AvgIpc) is 2.52. The van der Waals surface area contributed by atoms with E-state index < -0.39 is 0 Å². The molecule has 1 aromatic carbocycles. The number of rotatable bonds is 0. The molecule has 0 saturated carbocycles. The molecular weight excluding hydrogens is 214 g/mol. The Hall–Kier alpha value is -2.47. The maximum Gasteiger partial charge on any atom is 0.242 e. The summed E-state index contributed by atoms with van der Waals surface area (Å²) in [6.07, 6.45) is 4.53. The molecule has 17 heavy (non-hydrogen) atoms. The summed E-state index contributed by atoms with van der Waals surface area (Å²) in [5, 5.41) is 9.26. The Morgan fingerprint density at radius 1 is 1.24 bits per heavy atom. The first-order valence-electron chi connectivity index (χ1n) is 5.22. The predicted octanol–water partition coefficient (Wildman–Crippen LogP) is 2.18. The average molecular weight is 225 g/mol. The van der Waals surface area contributed by atoms with Gasteiger partial charge in [-0.1, -0.05) is 18.2 Å². The van der Waals surface area contributed by atoms with E-state index in [0.29, 0.717) is 0 Å². The van der Waals surface area contributed by atoms with Crippen molar-refractivity contribution in [3.8, 4) is 12.0 Å². The Balaban J connectivity index is 2.17. The highest BCUT2D eigenvalue weighted by Crippen LogP contribution is 2.06. The Bertz CT molecular complexity index is 532. The van der Waals surface area contributed by atoms with E-state index in [1.807, 2.05) is 30.3 Å². The van der Waals surface area contributed by atoms with Crippen LogP contribution in [0.2, 0.25) is 0 Å². The third kappa shape index (κ3) is 2.99. The second-order valence-corrected chi connectivity index (χ2v) is 3.52. The zero-order valence-electron chi connectivity index (χ0n) is 9.13. The van der Waals surface area contributed by atoms with Crippen LogP contribution in [0.1, 0.15) is 12.0 Å². The van der Waals surface area contributed by atoms with Gasteiger partial charge in [-0.25, -0.2) is 4.90 Å². The molecule has 1 N–H and O–H groups in total. The highest BCUT2D eigenvalue weighted by Gasteiger charge is 2.09. The molecule has 0 fully saturated rings. The molecule has 0 saturated heterocycles. The number of nitrogens with zero attached hydrogens (tertiary/aromatic N) is 1. The van der Waals surface area contributed by atoms with Crippen molar-refractivity contribution < 1.29 is 9.90 Å². The third-order valence-corrected chi connectivity index (χ3v) is 2.24. The number of carbonyl (C=O) groups excluding carboxylic acids is 1. The molecule has 1 aliphatic heterocycles. The third-order valence-electron chi connectivity index (χ3n) is 2.24. The van der Waals surface area contributed by atoms with Crippen LogP contribution in [0.4, 0.5) is 0 Å². The first-order chi connectivity index (χ1) is 8.25. The van der Waals surface area contributed by atoms with Gasteiger partial charge in [0.15, 0.2) is 0 Å². The van der Waals surface area contributed by atoms with Crippen LogP contribution in [0.3, 0.4) is 0 Å². The summed E-state index contributed by atoms with van der Waals surface area (Å²) >= 11 is 0. The molecule has 2 rings (SSSR count). The lowest BCUT2D eigenvalue weighted by Crippen LogP contribution is -2.18. The number of hydrogen-bond donors (Lipinski definition) is 1. The molecule has 0 aliphatic carbocycles. The van der Waals surface area contributed by atoms with Crippen LogP contribution >= 0.6 is 0 Å². The van der Waals surface area contributed by atoms with Crippen LogP contribution in [0.15, 0.2) is 54.4 Å². The van der Waals surface area contributed by atoms with E-state index in [4.69, 9.17) is 0 Å². The lowest BCUT2D eigenvalue weighted by molar-refractivity contribution is -0.125. The minimum absolute atomic E-state index is 0.0855. The molecule has 0 aromatic heterocycles. The van der Waals surface area contributed by atoms with Crippen LogP contribution < -0.4 is 0 Å². The van der Waals surface area contributed by atoms with Crippen molar-refractivity contribution in [1.82, 2.24) is 4.90 Å². The van der Waals surface area contributed by atoms with E-state index in [9.17, 15) is 9.90 Å². The van der Waals surface area contributed by atoms with Crippen molar-refractivity contribution >= 4 is 5.91 Å². The van der Waals surface area contributed by atoms with E-state index in [1.165, 1.54) is 23.3 Å². The normalized spacial score (nSPS) is 14.7. The number of allylic oxidation sites excluding steroid dienone is 1. The molecule has 0 radical (unpaired) electrons. The molecule has 1 heterocycles. The Labute approximate surface area is 99.7 Å². The lowest BCUT2D eigenvalue weighted by atomic mass is 10.2. The van der Waals surface area contributed by atoms with Crippen LogP contribution in [-0.2, 0) is 4.79 Å². The SMILES string of the molecule is O=C1CC=C(O)C=CN1C#Cc1ccccc1. The minimum atomic E-state index is -0.159. The topological polar surface area (TPSA) is 40.5 Å². The van der Waals surface area contributed by atoms with E-state index in [2.05, 4.69) is 12.0 Å². The number of carbonyl (C=O) groups is 1. The molecular formula is C14H11NO2. The van der Waals surface area contributed by atoms with Gasteiger partial charge in [-0.3, -0.25) is 4.79 Å². The van der Waals surface area contributed by atoms with Crippen LogP contribution in [0, 0.1) is 12.0 Å². The maximum atomic E-state index is 11.6. The molecule has 0 bridgehead atoms. The summed E-state index contributed by atoms with van der Waals surface area (Å²) in [6, 6.07) is 12.2. The van der Waals surface area contributed by atoms with Crippen molar-refractivity contribution in [2.24, 2.45) is 0 Å². The largest absolute Gasteiger partial charge is 0.508 e. The van der Waals surface area contributed by atoms with Gasteiger partial charge in [-0.05, 0) is 30.2 Å². The molecule has 1 aliphatic rings. The quantitative estimate of drug-likeness (QED) is 0.687. The van der Waals surface area contributed by atoms with Gasteiger partial charge in [0.25, 0.3) is 0 Å². The molecule has 3 nitrogen and oxygen atoms in total. The number of hydrogen-bond acceptors (Lipinski definition) is 2. The molecule has 84 valence electrons. The summed E-state index contributed by atoms with van der Waals surface area (Å²) in [4.78, 5) is 12.9. The summed E-state index contributed by atoms with van der Waals surface area (Å²) in [5.41, 5.74) is 0.843. The van der Waals surface area contributed by atoms with Gasteiger partial charge < -0.3 is 5.11 Å². The van der Waals surface area contributed by atoms with E-state index in [0.717, 1.165) is 5.56 Å². The standard InChI is InChI=1S/C14H11NO2/c16-13-6-7-14(17)15(11-9-13)10-8-12-4-2-1-3-5-12/h1-6,9,11,16H,7H2. The van der Waals surface area contributed by atoms with E-state index >= 15 is 0 Å². The molecule has 0 spiro atoms. The summed E-state index contributed by atoms with van der Waals surface area (Å²) in [7, 11) is 0. The van der Waals surface area contributed by atoms with Crippen molar-refractivity contribution in [3.63, 3.8) is 0 Å². The molecule has 1 aromatic rings. The zero-order valence-corrected chi connectivity index (χ0v) is 9.13. The number of amides is 1. The molecule has 0 atom stereocenters. The summed E-state index contributed by atoms with van der Waals surface area (Å²) in [6.45, 7) is 0. The Morgan fingerprint density at radius 3 is 2.76 bits per heavy atom. The van der Waals surface area contributed by atoms with Crippen molar-refractivity contribution in [2.45, 2.75) is 6.42 Å². The van der Waals surface area contributed by atoms with E-state index in [-0.39, 0.29) is 18.1 Å². The van der Waals surface area contributed by atoms with Crippen molar-refractivity contribution in [3.05, 3.63) is 60.0 Å². The fraction of sp³-hybridized carbons (Fsp3) is 0.0714. The van der Waals surface area contributed by atoms with Gasteiger partial charge in [0.1, 0.15) is 5.76 Å². The van der Waals surface area contributed by atoms with Gasteiger partial charge in [-0.2, -0.15) is 0 Å². The Morgan fingerprint density at radius 2 is 2.00 bits per heavy atom. The second-order valence-electron chi connectivity index (χ2n) is 3.52. The lowest BCUT2D eigenvalue weighted by Gasteiger charge is -2.06. The number of benzene rings is 1. The van der Waals surface area contributed by atoms with Gasteiger partial charge in [0.05, 0.1) is 0 Å². The predicted molar refractivity (Wildman–Crippen MR) is 64.6 cm³/mol. The molecule has 0 unspecified atom stereocenters. The van der Waals surface area contributed by atoms with Crippen LogP contribution in [0.25, 0.3) is 0 Å². The van der Waals surface area contributed by atoms with Crippen molar-refractivity contribution in [1.29, 1.82) is 0 Å². The zero-order chi connectivity index (χ0) is 12.1. The number of aliphatic hydroxyl groups is 1. The summed E-state index contributed by atoms with van der Waals surface area (Å²) < 4.78 is 0. The fourth-order valence-corrected chi connectivity index (χ4v) is 1.34. The van der Waals surface area contributed by atoms with Gasteiger partial charge in [0, 0.05) is 24.2 Å². The van der Waals surface area contributed by atoms with Gasteiger partial charge in [0.2, 0.25) is 5.91 Å². The minimum Gasteiger partial charge on any atom is -0.508 e. The molecule has 1 amide bonds. The van der Waals surface area contributed by atoms with Gasteiger partial charge >= 0.3 is 0 Å². The highest BCUT2D eigenvalue weighted by molar-refractivity contribution is 5.81. The maximum absolute atomic E-state index is 11.6. The van der Waals surface area contributed by atoms with Crippen LogP contribution in [-0.4, -0.2) is 15.9 Å². The fourth-order valence-electron chi connectivity index (χ4n) is 1.34. The first kappa shape index (κ1) is 11.0. The Kier molecular flexibility index (Phi) is 3.27. The highest BCUT2D eigenvalue weighted by atomic mass is 16.3. The number of aliphatic hydroxyl groups excluding tert-OH is 1. The van der Waals surface area contributed by atoms with Gasteiger partial charge in [-0.15, -0.1) is 0 Å². The molecule has 3 heteroatoms. The monoisotopic (exact) mass is 225 g/mol. The summed E-state index contributed by atoms with van der Waals surface area (Å²) in [5.74, 6) is 2.81. The second kappa shape index (κ2) is 5.04.